The lowest BCUT2D eigenvalue weighted by Crippen LogP contribution is -2.37. The van der Waals surface area contributed by atoms with E-state index in [1.54, 1.807) is 0 Å². The Morgan fingerprint density at radius 3 is 2.89 bits per heavy atom. The third-order valence-electron chi connectivity index (χ3n) is 5.83. The van der Waals surface area contributed by atoms with Crippen LogP contribution in [0.4, 0.5) is 5.69 Å². The zero-order valence-corrected chi connectivity index (χ0v) is 15.7. The van der Waals surface area contributed by atoms with Crippen molar-refractivity contribution in [3.05, 3.63) is 65.2 Å². The Balaban J connectivity index is 1.29. The minimum absolute atomic E-state index is 0.0365. The molecule has 2 aliphatic rings. The second-order valence-electron chi connectivity index (χ2n) is 7.94. The summed E-state index contributed by atoms with van der Waals surface area (Å²) in [4.78, 5) is 14.0. The topological polar surface area (TPSA) is 52.6 Å². The number of hydrogen-bond donors (Lipinski definition) is 2. The Hall–Kier alpha value is -2.17. The van der Waals surface area contributed by atoms with Crippen molar-refractivity contribution in [2.75, 3.05) is 25.0 Å². The highest BCUT2D eigenvalue weighted by Gasteiger charge is 2.22. The summed E-state index contributed by atoms with van der Waals surface area (Å²) in [5.41, 5.74) is 4.22. The van der Waals surface area contributed by atoms with Gasteiger partial charge in [-0.15, -0.1) is 0 Å². The van der Waals surface area contributed by atoms with Gasteiger partial charge < -0.3 is 15.3 Å². The molecule has 0 radical (unpaired) electrons. The van der Waals surface area contributed by atoms with E-state index in [1.165, 1.54) is 18.4 Å². The van der Waals surface area contributed by atoms with Crippen LogP contribution >= 0.6 is 0 Å². The van der Waals surface area contributed by atoms with Crippen molar-refractivity contribution in [1.29, 1.82) is 0 Å². The van der Waals surface area contributed by atoms with Crippen molar-refractivity contribution < 1.29 is 9.90 Å². The number of aliphatic hydroxyl groups excluding tert-OH is 1. The second-order valence-corrected chi connectivity index (χ2v) is 7.94. The van der Waals surface area contributed by atoms with Crippen LogP contribution in [0.5, 0.6) is 0 Å². The minimum atomic E-state index is -0.472. The average Bonchev–Trinajstić information content (AvgIpc) is 3.06. The summed E-state index contributed by atoms with van der Waals surface area (Å²) in [5, 5.41) is 13.5. The van der Waals surface area contributed by atoms with Gasteiger partial charge in [-0.05, 0) is 60.9 Å². The van der Waals surface area contributed by atoms with E-state index >= 15 is 0 Å². The molecule has 0 spiro atoms. The van der Waals surface area contributed by atoms with Crippen LogP contribution in [0.25, 0.3) is 0 Å². The number of anilines is 1. The van der Waals surface area contributed by atoms with Gasteiger partial charge in [0.2, 0.25) is 5.91 Å². The number of nitrogens with zero attached hydrogens (tertiary/aromatic N) is 1. The van der Waals surface area contributed by atoms with Crippen molar-refractivity contribution in [2.45, 2.75) is 38.2 Å². The number of hydrogen-bond acceptors (Lipinski definition) is 3. The number of rotatable bonds is 6. The summed E-state index contributed by atoms with van der Waals surface area (Å²) < 4.78 is 0. The highest BCUT2D eigenvalue weighted by molar-refractivity contribution is 5.99. The van der Waals surface area contributed by atoms with Crippen LogP contribution in [-0.2, 0) is 17.6 Å². The number of benzene rings is 2. The van der Waals surface area contributed by atoms with Gasteiger partial charge in [-0.25, -0.2) is 0 Å². The molecule has 1 fully saturated rings. The first-order valence-electron chi connectivity index (χ1n) is 10.0. The highest BCUT2D eigenvalue weighted by Crippen LogP contribution is 2.28. The lowest BCUT2D eigenvalue weighted by Gasteiger charge is -2.33. The predicted octanol–water partition coefficient (Wildman–Crippen LogP) is 3.56. The average molecular weight is 364 g/mol. The fourth-order valence-corrected chi connectivity index (χ4v) is 4.40. The van der Waals surface area contributed by atoms with Gasteiger partial charge in [-0.3, -0.25) is 4.79 Å². The van der Waals surface area contributed by atoms with Gasteiger partial charge in [-0.1, -0.05) is 42.5 Å². The third kappa shape index (κ3) is 4.57. The van der Waals surface area contributed by atoms with Crippen LogP contribution in [0.1, 0.15) is 42.1 Å². The Morgan fingerprint density at radius 2 is 2.04 bits per heavy atom. The van der Waals surface area contributed by atoms with E-state index in [4.69, 9.17) is 0 Å². The van der Waals surface area contributed by atoms with Crippen LogP contribution in [0.2, 0.25) is 0 Å². The van der Waals surface area contributed by atoms with E-state index in [2.05, 4.69) is 40.5 Å². The molecule has 27 heavy (non-hydrogen) atoms. The van der Waals surface area contributed by atoms with Crippen LogP contribution < -0.4 is 5.32 Å². The molecule has 0 aliphatic carbocycles. The van der Waals surface area contributed by atoms with Crippen LogP contribution in [0.15, 0.2) is 48.5 Å². The monoisotopic (exact) mass is 364 g/mol. The summed E-state index contributed by atoms with van der Waals surface area (Å²) in [6.07, 6.45) is 4.35. The number of likely N-dealkylation sites (tertiary alicyclic amines) is 1. The maximum Gasteiger partial charge on any atom is 0.228 e. The van der Waals surface area contributed by atoms with E-state index in [9.17, 15) is 9.90 Å². The summed E-state index contributed by atoms with van der Waals surface area (Å²) in [5.74, 6) is 0.741. The molecule has 2 aliphatic heterocycles. The molecule has 2 aromatic carbocycles. The highest BCUT2D eigenvalue weighted by atomic mass is 16.3. The summed E-state index contributed by atoms with van der Waals surface area (Å²) in [7, 11) is 0. The smallest absolute Gasteiger partial charge is 0.228 e. The quantitative estimate of drug-likeness (QED) is 0.824. The summed E-state index contributed by atoms with van der Waals surface area (Å²) in [6, 6.07) is 16.6. The van der Waals surface area contributed by atoms with Crippen LogP contribution in [0.3, 0.4) is 0 Å². The number of piperidine rings is 1. The molecule has 2 atom stereocenters. The largest absolute Gasteiger partial charge is 0.388 e. The molecule has 0 bridgehead atoms. The first-order valence-corrected chi connectivity index (χ1v) is 10.0. The van der Waals surface area contributed by atoms with Crippen molar-refractivity contribution in [2.24, 2.45) is 5.92 Å². The molecule has 4 rings (SSSR count). The van der Waals surface area contributed by atoms with Gasteiger partial charge in [0.25, 0.3) is 0 Å². The van der Waals surface area contributed by atoms with Crippen molar-refractivity contribution in [3.8, 4) is 0 Å². The van der Waals surface area contributed by atoms with E-state index in [0.717, 1.165) is 49.3 Å². The third-order valence-corrected chi connectivity index (χ3v) is 5.83. The van der Waals surface area contributed by atoms with Crippen LogP contribution in [-0.4, -0.2) is 35.5 Å². The maximum absolute atomic E-state index is 11.5. The van der Waals surface area contributed by atoms with Crippen molar-refractivity contribution in [1.82, 2.24) is 4.90 Å². The van der Waals surface area contributed by atoms with E-state index < -0.39 is 6.10 Å². The Morgan fingerprint density at radius 1 is 1.19 bits per heavy atom. The molecule has 0 saturated carbocycles. The lowest BCUT2D eigenvalue weighted by atomic mass is 9.91. The Bertz CT molecular complexity index is 790. The fourth-order valence-electron chi connectivity index (χ4n) is 4.40. The number of amides is 1. The summed E-state index contributed by atoms with van der Waals surface area (Å²) >= 11 is 0. The molecular formula is C23H28N2O2. The molecule has 4 nitrogen and oxygen atoms in total. The first kappa shape index (κ1) is 18.2. The second kappa shape index (κ2) is 8.24. The van der Waals surface area contributed by atoms with E-state index in [1.807, 2.05) is 18.2 Å². The van der Waals surface area contributed by atoms with Gasteiger partial charge in [0.15, 0.2) is 0 Å². The van der Waals surface area contributed by atoms with Crippen molar-refractivity contribution >= 4 is 11.6 Å². The van der Waals surface area contributed by atoms with Gasteiger partial charge >= 0.3 is 0 Å². The zero-order valence-electron chi connectivity index (χ0n) is 15.7. The van der Waals surface area contributed by atoms with Gasteiger partial charge in [-0.2, -0.15) is 0 Å². The molecule has 1 amide bonds. The molecule has 2 heterocycles. The van der Waals surface area contributed by atoms with Gasteiger partial charge in [0.05, 0.1) is 12.5 Å². The van der Waals surface area contributed by atoms with Crippen LogP contribution in [0, 0.1) is 5.92 Å². The zero-order chi connectivity index (χ0) is 18.6. The fraction of sp³-hybridized carbons (Fsp3) is 0.435. The van der Waals surface area contributed by atoms with E-state index in [0.29, 0.717) is 12.3 Å². The lowest BCUT2D eigenvalue weighted by molar-refractivity contribution is -0.115. The van der Waals surface area contributed by atoms with E-state index in [-0.39, 0.29) is 5.91 Å². The minimum Gasteiger partial charge on any atom is -0.388 e. The molecule has 2 aromatic rings. The predicted molar refractivity (Wildman–Crippen MR) is 108 cm³/mol. The Labute approximate surface area is 161 Å². The number of aliphatic hydroxyl groups is 1. The molecule has 4 heteroatoms. The number of nitrogens with one attached hydrogen (secondary N) is 1. The van der Waals surface area contributed by atoms with Crippen molar-refractivity contribution in [3.63, 3.8) is 0 Å². The van der Waals surface area contributed by atoms with Gasteiger partial charge in [0.1, 0.15) is 0 Å². The first-order chi connectivity index (χ1) is 13.2. The number of carbonyl (C=O) groups excluding carboxylic acids is 1. The summed E-state index contributed by atoms with van der Waals surface area (Å²) in [6.45, 7) is 3.16. The van der Waals surface area contributed by atoms with Gasteiger partial charge in [0, 0.05) is 18.8 Å². The number of carbonyl (C=O) groups is 1. The molecule has 1 unspecified atom stereocenters. The number of fused-ring (bicyclic) bond motifs is 1. The SMILES string of the molecule is O=C1Cc2cc(C(O)CCN3CCC[C@@H](Cc4ccccc4)C3)ccc2N1. The maximum atomic E-state index is 11.5. The normalized spacial score (nSPS) is 20.9. The molecule has 0 aromatic heterocycles. The molecule has 2 N–H and O–H groups in total. The molecule has 142 valence electrons. The Kier molecular flexibility index (Phi) is 5.55. The standard InChI is InChI=1S/C23H28N2O2/c26-22(19-8-9-21-20(14-19)15-23(27)24-21)10-12-25-11-4-7-18(16-25)13-17-5-2-1-3-6-17/h1-3,5-6,8-9,14,18,22,26H,4,7,10-13,15-16H2,(H,24,27)/t18-,22?/m0/s1. The molecular weight excluding hydrogens is 336 g/mol. The molecule has 1 saturated heterocycles.